The first-order chi connectivity index (χ1) is 11.3. The van der Waals surface area contributed by atoms with Crippen molar-refractivity contribution in [3.8, 4) is 0 Å². The molecule has 0 unspecified atom stereocenters. The first-order valence-electron chi connectivity index (χ1n) is 7.56. The van der Waals surface area contributed by atoms with Crippen molar-refractivity contribution in [2.24, 2.45) is 5.41 Å². The Hall–Kier alpha value is -1.58. The van der Waals surface area contributed by atoms with Crippen LogP contribution in [0.4, 0.5) is 13.2 Å². The standard InChI is InChI=1S/C15H20F3N3O3.ClH/c1-24-9-14(4-6-19-7-5-14)8-20-12(22)10-2-3-11(15(16,17)18)21-13(10)23;/h2-3,19H,4-9H2,1H3,(H,20,22)(H,21,23);1H. The van der Waals surface area contributed by atoms with E-state index >= 15 is 0 Å². The molecule has 10 heteroatoms. The Balaban J connectivity index is 0.00000312. The molecular formula is C15H21ClF3N3O3. The van der Waals surface area contributed by atoms with Gasteiger partial charge in [0.05, 0.1) is 6.61 Å². The zero-order valence-corrected chi connectivity index (χ0v) is 14.5. The number of aromatic nitrogens is 1. The number of nitrogens with one attached hydrogen (secondary N) is 3. The minimum Gasteiger partial charge on any atom is -0.384 e. The van der Waals surface area contributed by atoms with Gasteiger partial charge in [0.2, 0.25) is 0 Å². The number of ether oxygens (including phenoxy) is 1. The Kier molecular flexibility index (Phi) is 7.45. The third-order valence-corrected chi connectivity index (χ3v) is 4.20. The van der Waals surface area contributed by atoms with Gasteiger partial charge in [-0.3, -0.25) is 9.59 Å². The Morgan fingerprint density at radius 3 is 2.48 bits per heavy atom. The summed E-state index contributed by atoms with van der Waals surface area (Å²) in [6.45, 7) is 2.33. The van der Waals surface area contributed by atoms with Crippen molar-refractivity contribution in [3.05, 3.63) is 33.7 Å². The number of hydrogen-bond donors (Lipinski definition) is 3. The number of halogens is 4. The van der Waals surface area contributed by atoms with Gasteiger partial charge in [-0.2, -0.15) is 13.2 Å². The normalized spacial score (nSPS) is 16.8. The van der Waals surface area contributed by atoms with E-state index in [1.165, 1.54) is 0 Å². The van der Waals surface area contributed by atoms with Crippen molar-refractivity contribution in [1.29, 1.82) is 0 Å². The van der Waals surface area contributed by atoms with E-state index in [0.717, 1.165) is 32.0 Å². The van der Waals surface area contributed by atoms with E-state index < -0.39 is 23.3 Å². The van der Waals surface area contributed by atoms with Crippen LogP contribution in [0.25, 0.3) is 0 Å². The Bertz CT molecular complexity index is 637. The van der Waals surface area contributed by atoms with Crippen LogP contribution in [0.3, 0.4) is 0 Å². The molecular weight excluding hydrogens is 363 g/mol. The molecule has 1 aliphatic rings. The van der Waals surface area contributed by atoms with Crippen LogP contribution in [-0.4, -0.2) is 44.2 Å². The van der Waals surface area contributed by atoms with Gasteiger partial charge in [0.1, 0.15) is 11.3 Å². The van der Waals surface area contributed by atoms with Crippen LogP contribution in [0, 0.1) is 5.41 Å². The number of carbonyl (C=O) groups excluding carboxylic acids is 1. The van der Waals surface area contributed by atoms with Crippen molar-refractivity contribution in [3.63, 3.8) is 0 Å². The van der Waals surface area contributed by atoms with Gasteiger partial charge >= 0.3 is 6.18 Å². The molecule has 2 rings (SSSR count). The second kappa shape index (κ2) is 8.68. The van der Waals surface area contributed by atoms with Crippen LogP contribution in [-0.2, 0) is 10.9 Å². The van der Waals surface area contributed by atoms with E-state index in [-0.39, 0.29) is 23.4 Å². The molecule has 0 bridgehead atoms. The molecule has 1 saturated heterocycles. The number of piperidine rings is 1. The molecule has 1 fully saturated rings. The highest BCUT2D eigenvalue weighted by atomic mass is 35.5. The molecule has 0 spiro atoms. The molecule has 142 valence electrons. The highest BCUT2D eigenvalue weighted by Crippen LogP contribution is 2.28. The minimum absolute atomic E-state index is 0. The van der Waals surface area contributed by atoms with E-state index in [1.54, 1.807) is 12.1 Å². The van der Waals surface area contributed by atoms with Crippen LogP contribution < -0.4 is 16.2 Å². The summed E-state index contributed by atoms with van der Waals surface area (Å²) in [5.41, 5.74) is -2.83. The predicted molar refractivity (Wildman–Crippen MR) is 88.1 cm³/mol. The van der Waals surface area contributed by atoms with Crippen molar-refractivity contribution in [1.82, 2.24) is 15.6 Å². The number of hydrogen-bond acceptors (Lipinski definition) is 4. The van der Waals surface area contributed by atoms with E-state index in [4.69, 9.17) is 4.74 Å². The maximum atomic E-state index is 12.5. The number of methoxy groups -OCH3 is 1. The molecule has 25 heavy (non-hydrogen) atoms. The highest BCUT2D eigenvalue weighted by Gasteiger charge is 2.34. The third-order valence-electron chi connectivity index (χ3n) is 4.20. The molecule has 1 aromatic rings. The summed E-state index contributed by atoms with van der Waals surface area (Å²) in [5, 5.41) is 5.86. The summed E-state index contributed by atoms with van der Waals surface area (Å²) in [5.74, 6) is -0.695. The van der Waals surface area contributed by atoms with Gasteiger partial charge in [-0.25, -0.2) is 0 Å². The van der Waals surface area contributed by atoms with Gasteiger partial charge in [0.15, 0.2) is 0 Å². The lowest BCUT2D eigenvalue weighted by molar-refractivity contribution is -0.141. The van der Waals surface area contributed by atoms with E-state index in [9.17, 15) is 22.8 Å². The number of rotatable bonds is 5. The molecule has 1 amide bonds. The first-order valence-corrected chi connectivity index (χ1v) is 7.56. The van der Waals surface area contributed by atoms with Gasteiger partial charge in [-0.15, -0.1) is 12.4 Å². The maximum Gasteiger partial charge on any atom is 0.431 e. The van der Waals surface area contributed by atoms with Crippen molar-refractivity contribution in [2.75, 3.05) is 33.4 Å². The average Bonchev–Trinajstić information content (AvgIpc) is 2.53. The Morgan fingerprint density at radius 2 is 1.96 bits per heavy atom. The lowest BCUT2D eigenvalue weighted by Gasteiger charge is -2.37. The zero-order chi connectivity index (χ0) is 17.8. The average molecular weight is 384 g/mol. The Morgan fingerprint density at radius 1 is 1.32 bits per heavy atom. The molecule has 0 aliphatic carbocycles. The fourth-order valence-corrected chi connectivity index (χ4v) is 2.82. The van der Waals surface area contributed by atoms with Gasteiger partial charge in [-0.1, -0.05) is 0 Å². The Labute approximate surface area is 148 Å². The third kappa shape index (κ3) is 5.45. The quantitative estimate of drug-likeness (QED) is 0.720. The summed E-state index contributed by atoms with van der Waals surface area (Å²) >= 11 is 0. The van der Waals surface area contributed by atoms with E-state index in [1.807, 2.05) is 0 Å². The summed E-state index contributed by atoms with van der Waals surface area (Å²) in [6, 6.07) is 1.58. The number of pyridine rings is 1. The number of alkyl halides is 3. The van der Waals surface area contributed by atoms with Crippen LogP contribution in [0.2, 0.25) is 0 Å². The summed E-state index contributed by atoms with van der Waals surface area (Å²) in [7, 11) is 1.58. The summed E-state index contributed by atoms with van der Waals surface area (Å²) < 4.78 is 42.8. The van der Waals surface area contributed by atoms with Crippen molar-refractivity contribution >= 4 is 18.3 Å². The lowest BCUT2D eigenvalue weighted by atomic mass is 9.79. The second-order valence-electron chi connectivity index (χ2n) is 5.98. The largest absolute Gasteiger partial charge is 0.431 e. The predicted octanol–water partition coefficient (Wildman–Crippen LogP) is 1.56. The van der Waals surface area contributed by atoms with Gasteiger partial charge in [0, 0.05) is 19.1 Å². The molecule has 0 radical (unpaired) electrons. The fraction of sp³-hybridized carbons (Fsp3) is 0.600. The molecule has 0 atom stereocenters. The smallest absolute Gasteiger partial charge is 0.384 e. The van der Waals surface area contributed by atoms with Gasteiger partial charge in [0.25, 0.3) is 11.5 Å². The van der Waals surface area contributed by atoms with Crippen LogP contribution >= 0.6 is 12.4 Å². The summed E-state index contributed by atoms with van der Waals surface area (Å²) in [6.07, 6.45) is -3.07. The molecule has 0 saturated carbocycles. The zero-order valence-electron chi connectivity index (χ0n) is 13.7. The number of H-pyrrole nitrogens is 1. The van der Waals surface area contributed by atoms with Crippen molar-refractivity contribution < 1.29 is 22.7 Å². The number of aromatic amines is 1. The molecule has 6 nitrogen and oxygen atoms in total. The van der Waals surface area contributed by atoms with Crippen molar-refractivity contribution in [2.45, 2.75) is 19.0 Å². The van der Waals surface area contributed by atoms with Crippen LogP contribution in [0.5, 0.6) is 0 Å². The minimum atomic E-state index is -4.66. The summed E-state index contributed by atoms with van der Waals surface area (Å²) in [4.78, 5) is 25.6. The monoisotopic (exact) mass is 383 g/mol. The number of amides is 1. The second-order valence-corrected chi connectivity index (χ2v) is 5.98. The molecule has 0 aromatic carbocycles. The molecule has 1 aromatic heterocycles. The van der Waals surface area contributed by atoms with Gasteiger partial charge in [-0.05, 0) is 38.1 Å². The molecule has 2 heterocycles. The topological polar surface area (TPSA) is 83.2 Å². The van der Waals surface area contributed by atoms with Gasteiger partial charge < -0.3 is 20.4 Å². The van der Waals surface area contributed by atoms with E-state index in [0.29, 0.717) is 19.2 Å². The fourth-order valence-electron chi connectivity index (χ4n) is 2.82. The van der Waals surface area contributed by atoms with E-state index in [2.05, 4.69) is 10.6 Å². The first kappa shape index (κ1) is 21.5. The SMILES string of the molecule is COCC1(CNC(=O)c2ccc(C(F)(F)F)[nH]c2=O)CCNCC1.Cl. The molecule has 1 aliphatic heterocycles. The molecule has 3 N–H and O–H groups in total. The van der Waals surface area contributed by atoms with Crippen LogP contribution in [0.1, 0.15) is 28.9 Å². The maximum absolute atomic E-state index is 12.5. The van der Waals surface area contributed by atoms with Crippen LogP contribution in [0.15, 0.2) is 16.9 Å². The number of carbonyl (C=O) groups is 1. The lowest BCUT2D eigenvalue weighted by Crippen LogP contribution is -2.47. The highest BCUT2D eigenvalue weighted by molar-refractivity contribution is 5.93.